The highest BCUT2D eigenvalue weighted by Gasteiger charge is 2.20. The number of ketones is 1. The van der Waals surface area contributed by atoms with E-state index in [1.165, 1.54) is 6.92 Å². The first-order valence-corrected chi connectivity index (χ1v) is 11.8. The van der Waals surface area contributed by atoms with E-state index in [2.05, 4.69) is 10.6 Å². The number of nitrogens with zero attached hydrogens (tertiary/aromatic N) is 1. The Labute approximate surface area is 181 Å². The SMILES string of the molecule is CCS(=O)(=O)CC(=O)c1ccc(Cn2c(-c3ccccc3)cc3cc(OC)ccc32)o1. The van der Waals surface area contributed by atoms with Crippen molar-refractivity contribution in [1.82, 2.24) is 4.57 Å². The van der Waals surface area contributed by atoms with E-state index in [-0.39, 0.29) is 11.5 Å². The number of carbonyl (C=O) groups is 1. The second-order valence-corrected chi connectivity index (χ2v) is 9.63. The molecular formula is C24H23NO5S. The molecule has 0 aliphatic rings. The average molecular weight is 438 g/mol. The third kappa shape index (κ3) is 4.41. The number of hydrogen-bond acceptors (Lipinski definition) is 5. The van der Waals surface area contributed by atoms with E-state index in [4.69, 9.17) is 9.15 Å². The Kier molecular flexibility index (Phi) is 5.69. The Morgan fingerprint density at radius 3 is 2.52 bits per heavy atom. The van der Waals surface area contributed by atoms with Crippen LogP contribution in [0.25, 0.3) is 22.2 Å². The monoisotopic (exact) mass is 437 g/mol. The minimum absolute atomic E-state index is 0.0615. The highest BCUT2D eigenvalue weighted by molar-refractivity contribution is 7.92. The van der Waals surface area contributed by atoms with E-state index in [0.717, 1.165) is 27.9 Å². The molecule has 6 nitrogen and oxygen atoms in total. The van der Waals surface area contributed by atoms with Gasteiger partial charge in [-0.2, -0.15) is 0 Å². The summed E-state index contributed by atoms with van der Waals surface area (Å²) in [6.07, 6.45) is 0. The number of Topliss-reactive ketones (excluding diaryl/α,β-unsaturated/α-hetero) is 1. The highest BCUT2D eigenvalue weighted by atomic mass is 32.2. The maximum atomic E-state index is 12.3. The van der Waals surface area contributed by atoms with Crippen molar-refractivity contribution in [3.63, 3.8) is 0 Å². The molecular weight excluding hydrogens is 414 g/mol. The van der Waals surface area contributed by atoms with Gasteiger partial charge in [-0.05, 0) is 42.0 Å². The molecule has 0 aliphatic carbocycles. The van der Waals surface area contributed by atoms with E-state index >= 15 is 0 Å². The lowest BCUT2D eigenvalue weighted by molar-refractivity contribution is 0.0988. The molecule has 2 heterocycles. The molecule has 4 rings (SSSR count). The Bertz CT molecular complexity index is 1330. The fourth-order valence-electron chi connectivity index (χ4n) is 3.54. The quantitative estimate of drug-likeness (QED) is 0.377. The minimum Gasteiger partial charge on any atom is -0.497 e. The van der Waals surface area contributed by atoms with Crippen molar-refractivity contribution in [1.29, 1.82) is 0 Å². The molecule has 0 saturated heterocycles. The van der Waals surface area contributed by atoms with Gasteiger partial charge in [0.05, 0.1) is 13.7 Å². The van der Waals surface area contributed by atoms with Gasteiger partial charge in [-0.25, -0.2) is 8.42 Å². The number of sulfone groups is 1. The second kappa shape index (κ2) is 8.43. The number of benzene rings is 2. The number of aromatic nitrogens is 1. The number of hydrogen-bond donors (Lipinski definition) is 0. The van der Waals surface area contributed by atoms with Gasteiger partial charge in [0.25, 0.3) is 0 Å². The van der Waals surface area contributed by atoms with Crippen LogP contribution in [0.3, 0.4) is 0 Å². The zero-order valence-corrected chi connectivity index (χ0v) is 18.2. The molecule has 0 spiro atoms. The first kappa shape index (κ1) is 20.9. The van der Waals surface area contributed by atoms with Crippen LogP contribution < -0.4 is 4.74 Å². The maximum absolute atomic E-state index is 12.3. The van der Waals surface area contributed by atoms with Crippen molar-refractivity contribution in [2.75, 3.05) is 18.6 Å². The number of methoxy groups -OCH3 is 1. The molecule has 31 heavy (non-hydrogen) atoms. The van der Waals surface area contributed by atoms with Crippen molar-refractivity contribution >= 4 is 26.5 Å². The molecule has 0 bridgehead atoms. The predicted octanol–water partition coefficient (Wildman–Crippen LogP) is 4.58. The summed E-state index contributed by atoms with van der Waals surface area (Å²) in [5.74, 6) is 0.253. The van der Waals surface area contributed by atoms with Gasteiger partial charge >= 0.3 is 0 Å². The lowest BCUT2D eigenvalue weighted by atomic mass is 10.1. The summed E-state index contributed by atoms with van der Waals surface area (Å²) >= 11 is 0. The third-order valence-electron chi connectivity index (χ3n) is 5.22. The lowest BCUT2D eigenvalue weighted by Gasteiger charge is -2.10. The van der Waals surface area contributed by atoms with Crippen LogP contribution in [0.1, 0.15) is 23.2 Å². The van der Waals surface area contributed by atoms with Gasteiger partial charge in [-0.15, -0.1) is 0 Å². The molecule has 7 heteroatoms. The highest BCUT2D eigenvalue weighted by Crippen LogP contribution is 2.31. The van der Waals surface area contributed by atoms with Gasteiger partial charge < -0.3 is 13.7 Å². The van der Waals surface area contributed by atoms with E-state index in [1.807, 2.05) is 48.5 Å². The third-order valence-corrected chi connectivity index (χ3v) is 6.80. The van der Waals surface area contributed by atoms with E-state index < -0.39 is 21.4 Å². The van der Waals surface area contributed by atoms with Crippen LogP contribution in [-0.2, 0) is 16.4 Å². The van der Waals surface area contributed by atoms with Crippen LogP contribution >= 0.6 is 0 Å². The Hall–Kier alpha value is -3.32. The van der Waals surface area contributed by atoms with Crippen molar-refractivity contribution in [3.8, 4) is 17.0 Å². The first-order chi connectivity index (χ1) is 14.9. The zero-order valence-electron chi connectivity index (χ0n) is 17.4. The van der Waals surface area contributed by atoms with Crippen molar-refractivity contribution in [2.24, 2.45) is 0 Å². The molecule has 0 aliphatic heterocycles. The zero-order chi connectivity index (χ0) is 22.0. The van der Waals surface area contributed by atoms with Gasteiger partial charge in [-0.3, -0.25) is 4.79 Å². The fraction of sp³-hybridized carbons (Fsp3) is 0.208. The van der Waals surface area contributed by atoms with Gasteiger partial charge in [0, 0.05) is 22.3 Å². The summed E-state index contributed by atoms with van der Waals surface area (Å²) in [6, 6.07) is 21.2. The van der Waals surface area contributed by atoms with E-state index in [1.54, 1.807) is 19.2 Å². The fourth-order valence-corrected chi connectivity index (χ4v) is 4.28. The van der Waals surface area contributed by atoms with Gasteiger partial charge in [0.1, 0.15) is 17.3 Å². The van der Waals surface area contributed by atoms with Gasteiger partial charge in [0.2, 0.25) is 5.78 Å². The molecule has 0 amide bonds. The maximum Gasteiger partial charge on any atom is 0.212 e. The number of carbonyl (C=O) groups excluding carboxylic acids is 1. The van der Waals surface area contributed by atoms with Crippen molar-refractivity contribution in [3.05, 3.63) is 78.3 Å². The summed E-state index contributed by atoms with van der Waals surface area (Å²) in [4.78, 5) is 12.3. The summed E-state index contributed by atoms with van der Waals surface area (Å²) in [6.45, 7) is 1.92. The number of fused-ring (bicyclic) bond motifs is 1. The summed E-state index contributed by atoms with van der Waals surface area (Å²) in [7, 11) is -1.78. The molecule has 2 aromatic carbocycles. The Balaban J connectivity index is 1.71. The van der Waals surface area contributed by atoms with Crippen LogP contribution in [0.2, 0.25) is 0 Å². The molecule has 0 fully saturated rings. The van der Waals surface area contributed by atoms with Crippen LogP contribution in [0, 0.1) is 0 Å². The number of rotatable bonds is 8. The van der Waals surface area contributed by atoms with Crippen molar-refractivity contribution in [2.45, 2.75) is 13.5 Å². The molecule has 0 atom stereocenters. The van der Waals surface area contributed by atoms with Crippen LogP contribution in [0.15, 0.2) is 71.1 Å². The number of ether oxygens (including phenoxy) is 1. The summed E-state index contributed by atoms with van der Waals surface area (Å²) in [5, 5.41) is 1.02. The van der Waals surface area contributed by atoms with Crippen LogP contribution in [0.4, 0.5) is 0 Å². The van der Waals surface area contributed by atoms with E-state index in [9.17, 15) is 13.2 Å². The topological polar surface area (TPSA) is 78.5 Å². The van der Waals surface area contributed by atoms with Crippen LogP contribution in [0.5, 0.6) is 5.75 Å². The van der Waals surface area contributed by atoms with Gasteiger partial charge in [-0.1, -0.05) is 37.3 Å². The van der Waals surface area contributed by atoms with E-state index in [0.29, 0.717) is 12.3 Å². The molecule has 2 aromatic heterocycles. The Morgan fingerprint density at radius 2 is 1.81 bits per heavy atom. The summed E-state index contributed by atoms with van der Waals surface area (Å²) < 4.78 is 36.7. The molecule has 160 valence electrons. The minimum atomic E-state index is -3.41. The predicted molar refractivity (Wildman–Crippen MR) is 120 cm³/mol. The Morgan fingerprint density at radius 1 is 1.03 bits per heavy atom. The van der Waals surface area contributed by atoms with Crippen LogP contribution in [-0.4, -0.2) is 37.4 Å². The summed E-state index contributed by atoms with van der Waals surface area (Å²) in [5.41, 5.74) is 3.05. The standard InChI is InChI=1S/C24H23NO5S/c1-3-31(27,28)16-23(26)24-12-10-20(30-24)15-25-21-11-9-19(29-2)13-18(21)14-22(25)17-7-5-4-6-8-17/h4-14H,3,15-16H2,1-2H3. The lowest BCUT2D eigenvalue weighted by Crippen LogP contribution is -2.17. The average Bonchev–Trinajstić information content (AvgIpc) is 3.39. The smallest absolute Gasteiger partial charge is 0.212 e. The first-order valence-electron chi connectivity index (χ1n) is 9.95. The van der Waals surface area contributed by atoms with Crippen molar-refractivity contribution < 1.29 is 22.4 Å². The normalized spacial score (nSPS) is 11.7. The molecule has 0 unspecified atom stereocenters. The molecule has 0 saturated carbocycles. The second-order valence-electron chi connectivity index (χ2n) is 7.27. The molecule has 0 N–H and O–H groups in total. The molecule has 0 radical (unpaired) electrons. The number of furan rings is 1. The largest absolute Gasteiger partial charge is 0.497 e. The molecule has 4 aromatic rings. The van der Waals surface area contributed by atoms with Gasteiger partial charge in [0.15, 0.2) is 15.6 Å².